The van der Waals surface area contributed by atoms with E-state index in [4.69, 9.17) is 5.21 Å². The molecular weight excluding hydrogens is 381 g/mol. The van der Waals surface area contributed by atoms with E-state index < -0.39 is 10.0 Å². The fourth-order valence-corrected chi connectivity index (χ4v) is 4.79. The van der Waals surface area contributed by atoms with E-state index in [1.54, 1.807) is 18.2 Å². The van der Waals surface area contributed by atoms with Gasteiger partial charge in [0, 0.05) is 43.6 Å². The Hall–Kier alpha value is -1.59. The fraction of sp³-hybridized carbons (Fsp3) is 0.375. The zero-order valence-electron chi connectivity index (χ0n) is 16.6. The largest absolute Gasteiger partial charge is 1.00 e. The third-order valence-electron chi connectivity index (χ3n) is 4.49. The Morgan fingerprint density at radius 1 is 1.11 bits per heavy atom. The molecule has 142 valence electrons. The molecule has 1 aliphatic rings. The summed E-state index contributed by atoms with van der Waals surface area (Å²) in [6.45, 7) is 0.585. The normalized spacial score (nSPS) is 16.2. The Bertz CT molecular complexity index is 949. The van der Waals surface area contributed by atoms with Crippen LogP contribution in [-0.2, 0) is 10.0 Å². The first-order chi connectivity index (χ1) is 12.4. The van der Waals surface area contributed by atoms with Gasteiger partial charge in [-0.05, 0) is 12.1 Å². The number of hydrogen-bond acceptors (Lipinski definition) is 5. The molecule has 0 amide bonds. The topological polar surface area (TPSA) is 103 Å². The summed E-state index contributed by atoms with van der Waals surface area (Å²) in [6.07, 6.45) is 0. The van der Waals surface area contributed by atoms with Gasteiger partial charge < -0.3 is 16.7 Å². The molecule has 0 bridgehead atoms. The summed E-state index contributed by atoms with van der Waals surface area (Å²) < 4.78 is 27.7. The van der Waals surface area contributed by atoms with Crippen molar-refractivity contribution in [2.45, 2.75) is 4.90 Å². The van der Waals surface area contributed by atoms with Crippen LogP contribution >= 0.6 is 0 Å². The van der Waals surface area contributed by atoms with Gasteiger partial charge in [-0.15, -0.1) is 5.01 Å². The minimum Gasteiger partial charge on any atom is -1.00 e. The van der Waals surface area contributed by atoms with Gasteiger partial charge in [0.1, 0.15) is 0 Å². The van der Waals surface area contributed by atoms with E-state index in [-0.39, 0.29) is 67.0 Å². The predicted molar refractivity (Wildman–Crippen MR) is 97.6 cm³/mol. The van der Waals surface area contributed by atoms with Crippen LogP contribution in [0.25, 0.3) is 10.8 Å². The molecule has 0 saturated carbocycles. The number of benzene rings is 2. The average Bonchev–Trinajstić information content (AvgIpc) is 2.66. The van der Waals surface area contributed by atoms with Crippen LogP contribution < -0.4 is 34.5 Å². The fourth-order valence-electron chi connectivity index (χ4n) is 3.16. The summed E-state index contributed by atoms with van der Waals surface area (Å²) in [5, 5.41) is 25.2. The van der Waals surface area contributed by atoms with E-state index in [9.17, 15) is 13.6 Å². The number of piperazine rings is 1. The molecule has 0 spiro atoms. The summed E-state index contributed by atoms with van der Waals surface area (Å²) in [7, 11) is 0.113. The molecule has 3 rings (SSSR count). The number of hydrogen-bond donors (Lipinski definition) is 1. The molecule has 0 radical (unpaired) electrons. The van der Waals surface area contributed by atoms with Crippen LogP contribution in [0.1, 0.15) is 1.43 Å². The van der Waals surface area contributed by atoms with Crippen LogP contribution in [0, 0.1) is 5.21 Å². The minimum atomic E-state index is -3.71. The second kappa shape index (κ2) is 8.61. The van der Waals surface area contributed by atoms with Gasteiger partial charge in [0.05, 0.1) is 23.0 Å². The maximum atomic E-state index is 13.2. The molecule has 0 aliphatic carbocycles. The van der Waals surface area contributed by atoms with Crippen molar-refractivity contribution in [1.29, 1.82) is 0 Å². The quantitative estimate of drug-likeness (QED) is 0.291. The summed E-state index contributed by atoms with van der Waals surface area (Å²) in [6, 6.07) is 10.8. The summed E-state index contributed by atoms with van der Waals surface area (Å²) >= 11 is 0. The second-order valence-corrected chi connectivity index (χ2v) is 8.13. The molecule has 2 aromatic rings. The molecule has 1 heterocycles. The molecule has 0 unspecified atom stereocenters. The zero-order valence-corrected chi connectivity index (χ0v) is 18.4. The Balaban J connectivity index is 0.00000196. The van der Waals surface area contributed by atoms with Crippen molar-refractivity contribution in [3.05, 3.63) is 41.6 Å². The molecule has 9 nitrogen and oxygen atoms in total. The van der Waals surface area contributed by atoms with Gasteiger partial charge in [-0.1, -0.05) is 24.3 Å². The molecule has 1 saturated heterocycles. The number of rotatable bonds is 4. The molecule has 27 heavy (non-hydrogen) atoms. The van der Waals surface area contributed by atoms with Crippen LogP contribution in [0.4, 0.5) is 5.69 Å². The van der Waals surface area contributed by atoms with Crippen molar-refractivity contribution >= 4 is 26.5 Å². The van der Waals surface area contributed by atoms with Crippen LogP contribution in [0.2, 0.25) is 0 Å². The number of hydrazine groups is 1. The summed E-state index contributed by atoms with van der Waals surface area (Å²) in [5.41, 5.74) is 0.941. The minimum absolute atomic E-state index is 0. The Labute approximate surface area is 181 Å². The van der Waals surface area contributed by atoms with Gasteiger partial charge in [0.2, 0.25) is 15.3 Å². The van der Waals surface area contributed by atoms with E-state index in [1.807, 2.05) is 37.2 Å². The molecule has 2 aromatic carbocycles. The summed E-state index contributed by atoms with van der Waals surface area (Å²) in [5.74, 6) is 0. The van der Waals surface area contributed by atoms with Crippen LogP contribution in [-0.4, -0.2) is 68.2 Å². The molecule has 1 N–H and O–H groups in total. The SMILES string of the molecule is CN(C)c1cccc2c(S(=O)(=O)N3CCN([N+]([O-])=NO)CC3)cccc12.[H-].[Na+]. The van der Waals surface area contributed by atoms with Gasteiger partial charge in [0.25, 0.3) is 0 Å². The summed E-state index contributed by atoms with van der Waals surface area (Å²) in [4.78, 5) is 2.27. The van der Waals surface area contributed by atoms with Crippen molar-refractivity contribution in [1.82, 2.24) is 9.31 Å². The van der Waals surface area contributed by atoms with Crippen molar-refractivity contribution in [3.8, 4) is 0 Å². The smallest absolute Gasteiger partial charge is 1.00 e. The third kappa shape index (κ3) is 4.14. The van der Waals surface area contributed by atoms with Crippen LogP contribution in [0.3, 0.4) is 0 Å². The third-order valence-corrected chi connectivity index (χ3v) is 6.45. The maximum absolute atomic E-state index is 13.2. The first-order valence-corrected chi connectivity index (χ1v) is 9.56. The van der Waals surface area contributed by atoms with Crippen LogP contribution in [0.5, 0.6) is 0 Å². The zero-order chi connectivity index (χ0) is 18.9. The molecular formula is C16H22N5NaO4S. The molecule has 0 aromatic heterocycles. The maximum Gasteiger partial charge on any atom is 1.00 e. The van der Waals surface area contributed by atoms with Gasteiger partial charge >= 0.3 is 29.6 Å². The molecule has 0 atom stereocenters. The number of nitrogens with zero attached hydrogens (tertiary/aromatic N) is 5. The van der Waals surface area contributed by atoms with E-state index in [0.717, 1.165) is 11.1 Å². The van der Waals surface area contributed by atoms with Gasteiger partial charge in [0.15, 0.2) is 0 Å². The standard InChI is InChI=1S/C16H21N5O4S.Na.H/c1-18(2)15-7-3-6-14-13(15)5-4-8-16(14)26(24,25)20-11-9-19(10-12-20)21(23)17-22;;/h3-8,22H,9-12H2,1-2H3;;/q;+1;-1. The monoisotopic (exact) mass is 403 g/mol. The Morgan fingerprint density at radius 2 is 1.70 bits per heavy atom. The first-order valence-electron chi connectivity index (χ1n) is 8.12. The Morgan fingerprint density at radius 3 is 2.30 bits per heavy atom. The van der Waals surface area contributed by atoms with Crippen molar-refractivity contribution in [3.63, 3.8) is 0 Å². The molecule has 1 fully saturated rings. The van der Waals surface area contributed by atoms with Crippen LogP contribution in [0.15, 0.2) is 46.6 Å². The predicted octanol–water partition coefficient (Wildman–Crippen LogP) is -1.40. The van der Waals surface area contributed by atoms with E-state index in [0.29, 0.717) is 5.39 Å². The van der Waals surface area contributed by atoms with E-state index in [2.05, 4.69) is 5.28 Å². The van der Waals surface area contributed by atoms with Gasteiger partial charge in [-0.2, -0.15) is 4.31 Å². The van der Waals surface area contributed by atoms with Crippen molar-refractivity contribution < 1.29 is 49.6 Å². The van der Waals surface area contributed by atoms with Crippen molar-refractivity contribution in [2.24, 2.45) is 5.28 Å². The molecule has 1 aliphatic heterocycles. The number of fused-ring (bicyclic) bond motifs is 1. The van der Waals surface area contributed by atoms with Crippen molar-refractivity contribution in [2.75, 3.05) is 45.2 Å². The molecule has 11 heteroatoms. The Kier molecular flexibility index (Phi) is 6.92. The van der Waals surface area contributed by atoms with Gasteiger partial charge in [-0.3, -0.25) is 0 Å². The van der Waals surface area contributed by atoms with Gasteiger partial charge in [-0.25, -0.2) is 8.42 Å². The number of anilines is 1. The second-order valence-electron chi connectivity index (χ2n) is 6.22. The first kappa shape index (κ1) is 21.7. The van der Waals surface area contributed by atoms with E-state index >= 15 is 0 Å². The average molecular weight is 403 g/mol. The number of sulfonamides is 1. The van der Waals surface area contributed by atoms with E-state index in [1.165, 1.54) is 9.31 Å².